The van der Waals surface area contributed by atoms with E-state index < -0.39 is 5.97 Å². The second kappa shape index (κ2) is 3.67. The fourth-order valence-electron chi connectivity index (χ4n) is 0.221. The highest BCUT2D eigenvalue weighted by molar-refractivity contribution is 5.86. The summed E-state index contributed by atoms with van der Waals surface area (Å²) in [4.78, 5) is 10.4. The Hall–Kier alpha value is -1.30. The lowest BCUT2D eigenvalue weighted by molar-refractivity contribution is -0.137. The molecular weight excluding hydrogens is 118 g/mol. The van der Waals surface area contributed by atoms with Crippen molar-refractivity contribution in [1.82, 2.24) is 0 Å². The van der Waals surface area contributed by atoms with E-state index in [4.69, 9.17) is 5.26 Å². The molecule has 0 saturated carbocycles. The van der Waals surface area contributed by atoms with E-state index in [0.717, 1.165) is 0 Å². The molecule has 3 heteroatoms. The van der Waals surface area contributed by atoms with Gasteiger partial charge in [-0.3, -0.25) is 0 Å². The Morgan fingerprint density at radius 3 is 2.78 bits per heavy atom. The van der Waals surface area contributed by atoms with E-state index in [-0.39, 0.29) is 6.61 Å². The van der Waals surface area contributed by atoms with Crippen molar-refractivity contribution in [3.8, 4) is 6.07 Å². The van der Waals surface area contributed by atoms with Crippen molar-refractivity contribution < 1.29 is 9.53 Å². The van der Waals surface area contributed by atoms with Gasteiger partial charge in [-0.25, -0.2) is 4.79 Å². The normalized spacial score (nSPS) is 7.56. The molecule has 3 nitrogen and oxygen atoms in total. The summed E-state index contributed by atoms with van der Waals surface area (Å²) >= 11 is 0. The fourth-order valence-corrected chi connectivity index (χ4v) is 0.221. The molecule has 0 spiro atoms. The molecule has 0 aliphatic rings. The molecule has 0 radical (unpaired) electrons. The largest absolute Gasteiger partial charge is 0.447 e. The van der Waals surface area contributed by atoms with Crippen molar-refractivity contribution in [1.29, 1.82) is 5.26 Å². The Kier molecular flexibility index (Phi) is 3.14. The number of carbonyl (C=O) groups excluding carboxylic acids is 1. The Morgan fingerprint density at radius 1 is 1.89 bits per heavy atom. The molecule has 0 unspecified atom stereocenters. The first-order chi connectivity index (χ1) is 4.18. The van der Waals surface area contributed by atoms with Crippen molar-refractivity contribution in [3.05, 3.63) is 12.2 Å². The molecule has 0 aromatic heterocycles. The minimum Gasteiger partial charge on any atom is -0.447 e. The third-order valence-corrected chi connectivity index (χ3v) is 0.616. The van der Waals surface area contributed by atoms with Crippen LogP contribution in [-0.2, 0) is 9.53 Å². The molecule has 0 aliphatic heterocycles. The Bertz CT molecular complexity index is 166. The van der Waals surface area contributed by atoms with Crippen LogP contribution in [0.1, 0.15) is 6.92 Å². The molecule has 0 bridgehead atoms. The molecule has 0 fully saturated rings. The number of hydrogen-bond donors (Lipinski definition) is 0. The van der Waals surface area contributed by atoms with Gasteiger partial charge in [0.25, 0.3) is 0 Å². The van der Waals surface area contributed by atoms with Gasteiger partial charge in [-0.1, -0.05) is 6.58 Å². The van der Waals surface area contributed by atoms with Crippen LogP contribution in [-0.4, -0.2) is 12.6 Å². The molecule has 0 N–H and O–H groups in total. The third kappa shape index (κ3) is 3.30. The molecular formula is C6H7NO2. The van der Waals surface area contributed by atoms with Crippen LogP contribution < -0.4 is 0 Å². The van der Waals surface area contributed by atoms with Gasteiger partial charge in [0.05, 0.1) is 0 Å². The summed E-state index contributed by atoms with van der Waals surface area (Å²) in [6.07, 6.45) is 0. The van der Waals surface area contributed by atoms with E-state index in [2.05, 4.69) is 11.3 Å². The summed E-state index contributed by atoms with van der Waals surface area (Å²) in [6.45, 7) is 4.65. The molecule has 0 amide bonds. The standard InChI is InChI=1S/C6H7NO2/c1-5(2)6(8)9-4-3-7/h1,4H2,2H3. The smallest absolute Gasteiger partial charge is 0.334 e. The predicted molar refractivity (Wildman–Crippen MR) is 31.4 cm³/mol. The van der Waals surface area contributed by atoms with Crippen LogP contribution >= 0.6 is 0 Å². The number of carbonyl (C=O) groups is 1. The number of nitriles is 1. The number of hydrogen-bond acceptors (Lipinski definition) is 3. The monoisotopic (exact) mass is 125 g/mol. The van der Waals surface area contributed by atoms with Gasteiger partial charge >= 0.3 is 5.97 Å². The Labute approximate surface area is 53.5 Å². The van der Waals surface area contributed by atoms with Crippen LogP contribution in [0, 0.1) is 11.3 Å². The molecule has 0 aromatic rings. The van der Waals surface area contributed by atoms with E-state index in [1.165, 1.54) is 6.92 Å². The summed E-state index contributed by atoms with van der Waals surface area (Å²) < 4.78 is 4.35. The average Bonchev–Trinajstić information content (AvgIpc) is 1.82. The number of esters is 1. The number of rotatable bonds is 2. The molecule has 48 valence electrons. The van der Waals surface area contributed by atoms with Crippen molar-refractivity contribution in [2.24, 2.45) is 0 Å². The molecule has 0 saturated heterocycles. The summed E-state index contributed by atoms with van der Waals surface area (Å²) in [5.41, 5.74) is 0.310. The molecule has 0 rings (SSSR count). The minimum absolute atomic E-state index is 0.203. The van der Waals surface area contributed by atoms with E-state index in [0.29, 0.717) is 5.57 Å². The number of nitrogens with zero attached hydrogens (tertiary/aromatic N) is 1. The topological polar surface area (TPSA) is 50.1 Å². The molecule has 0 aromatic carbocycles. The zero-order chi connectivity index (χ0) is 7.28. The zero-order valence-electron chi connectivity index (χ0n) is 5.18. The predicted octanol–water partition coefficient (Wildman–Crippen LogP) is 0.629. The summed E-state index contributed by atoms with van der Waals surface area (Å²) in [6, 6.07) is 1.67. The molecule has 0 aliphatic carbocycles. The van der Waals surface area contributed by atoms with Gasteiger partial charge in [0.1, 0.15) is 6.07 Å². The van der Waals surface area contributed by atoms with Crippen molar-refractivity contribution in [2.45, 2.75) is 6.92 Å². The maximum absolute atomic E-state index is 10.4. The highest BCUT2D eigenvalue weighted by Crippen LogP contribution is 1.89. The first kappa shape index (κ1) is 7.70. The van der Waals surface area contributed by atoms with Crippen LogP contribution in [0.15, 0.2) is 12.2 Å². The summed E-state index contributed by atoms with van der Waals surface area (Å²) in [7, 11) is 0. The molecule has 0 heterocycles. The molecule has 0 atom stereocenters. The second-order valence-electron chi connectivity index (χ2n) is 1.51. The van der Waals surface area contributed by atoms with E-state index in [1.807, 2.05) is 0 Å². The van der Waals surface area contributed by atoms with Crippen molar-refractivity contribution >= 4 is 5.97 Å². The van der Waals surface area contributed by atoms with Gasteiger partial charge < -0.3 is 4.74 Å². The van der Waals surface area contributed by atoms with Crippen LogP contribution in [0.5, 0.6) is 0 Å². The zero-order valence-corrected chi connectivity index (χ0v) is 5.18. The first-order valence-electron chi connectivity index (χ1n) is 2.38. The maximum atomic E-state index is 10.4. The van der Waals surface area contributed by atoms with Gasteiger partial charge in [-0.15, -0.1) is 0 Å². The summed E-state index contributed by atoms with van der Waals surface area (Å²) in [5, 5.41) is 7.94. The minimum atomic E-state index is -0.517. The van der Waals surface area contributed by atoms with Gasteiger partial charge in [0.2, 0.25) is 0 Å². The Morgan fingerprint density at radius 2 is 2.44 bits per heavy atom. The van der Waals surface area contributed by atoms with Crippen LogP contribution in [0.2, 0.25) is 0 Å². The van der Waals surface area contributed by atoms with Crippen LogP contribution in [0.3, 0.4) is 0 Å². The Balaban J connectivity index is 3.55. The second-order valence-corrected chi connectivity index (χ2v) is 1.51. The fraction of sp³-hybridized carbons (Fsp3) is 0.333. The van der Waals surface area contributed by atoms with E-state index >= 15 is 0 Å². The lowest BCUT2D eigenvalue weighted by Gasteiger charge is -1.95. The van der Waals surface area contributed by atoms with Crippen molar-refractivity contribution in [2.75, 3.05) is 6.61 Å². The highest BCUT2D eigenvalue weighted by Gasteiger charge is 1.99. The average molecular weight is 125 g/mol. The van der Waals surface area contributed by atoms with Crippen LogP contribution in [0.4, 0.5) is 0 Å². The summed E-state index contributed by atoms with van der Waals surface area (Å²) in [5.74, 6) is -0.517. The van der Waals surface area contributed by atoms with Crippen LogP contribution in [0.25, 0.3) is 0 Å². The van der Waals surface area contributed by atoms with Gasteiger partial charge in [-0.05, 0) is 6.92 Å². The van der Waals surface area contributed by atoms with E-state index in [9.17, 15) is 4.79 Å². The SMILES string of the molecule is C=C(C)C(=O)OCC#N. The lowest BCUT2D eigenvalue weighted by atomic mass is 10.4. The van der Waals surface area contributed by atoms with Gasteiger partial charge in [-0.2, -0.15) is 5.26 Å². The lowest BCUT2D eigenvalue weighted by Crippen LogP contribution is -2.04. The first-order valence-corrected chi connectivity index (χ1v) is 2.38. The maximum Gasteiger partial charge on any atom is 0.334 e. The quantitative estimate of drug-likeness (QED) is 0.401. The van der Waals surface area contributed by atoms with E-state index in [1.54, 1.807) is 6.07 Å². The highest BCUT2D eigenvalue weighted by atomic mass is 16.5. The third-order valence-electron chi connectivity index (χ3n) is 0.616. The van der Waals surface area contributed by atoms with Gasteiger partial charge in [0.15, 0.2) is 6.61 Å². The number of ether oxygens (including phenoxy) is 1. The van der Waals surface area contributed by atoms with Gasteiger partial charge in [0, 0.05) is 5.57 Å². The van der Waals surface area contributed by atoms with Crippen molar-refractivity contribution in [3.63, 3.8) is 0 Å². The molecule has 9 heavy (non-hydrogen) atoms.